The maximum Gasteiger partial charge on any atom is 0.345 e. The summed E-state index contributed by atoms with van der Waals surface area (Å²) in [5, 5.41) is 0. The minimum absolute atomic E-state index is 0.174. The van der Waals surface area contributed by atoms with E-state index in [4.69, 9.17) is 4.74 Å². The van der Waals surface area contributed by atoms with Gasteiger partial charge in [-0.2, -0.15) is 4.99 Å². The zero-order chi connectivity index (χ0) is 20.6. The Kier molecular flexibility index (Phi) is 5.97. The van der Waals surface area contributed by atoms with Crippen LogP contribution in [0.5, 0.6) is 0 Å². The molecule has 30 heavy (non-hydrogen) atoms. The molecule has 0 unspecified atom stereocenters. The van der Waals surface area contributed by atoms with Crippen LogP contribution in [0.15, 0.2) is 126 Å². The monoisotopic (exact) mass is 392 g/mol. The van der Waals surface area contributed by atoms with Crippen LogP contribution in [0.1, 0.15) is 10.4 Å². The number of para-hydroxylation sites is 3. The van der Waals surface area contributed by atoms with E-state index in [1.54, 1.807) is 24.3 Å². The van der Waals surface area contributed by atoms with Gasteiger partial charge in [0.2, 0.25) is 0 Å². The lowest BCUT2D eigenvalue weighted by atomic mass is 10.2. The topological polar surface area (TPSA) is 41.9 Å². The number of rotatable bonds is 4. The van der Waals surface area contributed by atoms with Crippen molar-refractivity contribution in [1.82, 2.24) is 0 Å². The van der Waals surface area contributed by atoms with Crippen LogP contribution in [0.4, 0.5) is 17.1 Å². The van der Waals surface area contributed by atoms with Crippen molar-refractivity contribution in [1.29, 1.82) is 0 Å². The van der Waals surface area contributed by atoms with Gasteiger partial charge in [0.05, 0.1) is 22.6 Å². The van der Waals surface area contributed by atoms with Crippen molar-refractivity contribution < 1.29 is 9.53 Å². The molecule has 0 fully saturated rings. The molecule has 4 aromatic rings. The standard InChI is InChI=1S/C26H20N2O2/c29-25(21-13-5-1-6-14-21)30-26(27-22-15-7-2-8-16-22)28(23-17-9-3-10-18-23)24-19-11-4-12-20-24/h1-20H. The van der Waals surface area contributed by atoms with E-state index >= 15 is 0 Å². The zero-order valence-electron chi connectivity index (χ0n) is 16.3. The molecule has 0 aromatic heterocycles. The number of ether oxygens (including phenoxy) is 1. The van der Waals surface area contributed by atoms with Gasteiger partial charge in [-0.1, -0.05) is 72.8 Å². The number of aliphatic imine (C=N–C) groups is 1. The Hall–Kier alpha value is -4.18. The van der Waals surface area contributed by atoms with Gasteiger partial charge in [-0.25, -0.2) is 4.79 Å². The Balaban J connectivity index is 1.81. The molecule has 0 aliphatic heterocycles. The van der Waals surface area contributed by atoms with Gasteiger partial charge in [-0.3, -0.25) is 4.90 Å². The summed E-state index contributed by atoms with van der Waals surface area (Å²) >= 11 is 0. The normalized spacial score (nSPS) is 11.0. The van der Waals surface area contributed by atoms with E-state index in [-0.39, 0.29) is 6.02 Å². The van der Waals surface area contributed by atoms with Gasteiger partial charge < -0.3 is 4.74 Å². The number of hydrogen-bond donors (Lipinski definition) is 0. The first kappa shape index (κ1) is 19.2. The molecule has 4 nitrogen and oxygen atoms in total. The summed E-state index contributed by atoms with van der Waals surface area (Å²) < 4.78 is 5.85. The lowest BCUT2D eigenvalue weighted by molar-refractivity contribution is 0.0714. The Morgan fingerprint density at radius 2 is 1.03 bits per heavy atom. The highest BCUT2D eigenvalue weighted by Gasteiger charge is 2.21. The van der Waals surface area contributed by atoms with Gasteiger partial charge in [0, 0.05) is 0 Å². The van der Waals surface area contributed by atoms with E-state index in [0.29, 0.717) is 11.3 Å². The summed E-state index contributed by atoms with van der Waals surface area (Å²) in [5.74, 6) is -0.470. The van der Waals surface area contributed by atoms with Crippen molar-refractivity contribution in [3.8, 4) is 0 Å². The lowest BCUT2D eigenvalue weighted by Gasteiger charge is -2.25. The van der Waals surface area contributed by atoms with Crippen LogP contribution >= 0.6 is 0 Å². The lowest BCUT2D eigenvalue weighted by Crippen LogP contribution is -2.30. The molecule has 0 radical (unpaired) electrons. The molecule has 0 heterocycles. The summed E-state index contributed by atoms with van der Waals surface area (Å²) in [4.78, 5) is 19.4. The van der Waals surface area contributed by atoms with Crippen LogP contribution in [-0.2, 0) is 4.74 Å². The van der Waals surface area contributed by atoms with Crippen LogP contribution in [0, 0.1) is 0 Å². The molecule has 0 saturated heterocycles. The largest absolute Gasteiger partial charge is 0.388 e. The van der Waals surface area contributed by atoms with Crippen molar-refractivity contribution >= 4 is 29.1 Å². The van der Waals surface area contributed by atoms with Gasteiger partial charge in [-0.15, -0.1) is 0 Å². The zero-order valence-corrected chi connectivity index (χ0v) is 16.3. The van der Waals surface area contributed by atoms with Crippen molar-refractivity contribution in [2.45, 2.75) is 0 Å². The number of carbonyl (C=O) groups excluding carboxylic acids is 1. The second-order valence-electron chi connectivity index (χ2n) is 6.49. The number of carbonyl (C=O) groups is 1. The van der Waals surface area contributed by atoms with E-state index in [1.165, 1.54) is 0 Å². The average molecular weight is 392 g/mol. The molecular weight excluding hydrogens is 372 g/mol. The fourth-order valence-electron chi connectivity index (χ4n) is 2.97. The van der Waals surface area contributed by atoms with E-state index in [2.05, 4.69) is 4.99 Å². The molecular formula is C26H20N2O2. The number of anilines is 2. The van der Waals surface area contributed by atoms with Crippen molar-refractivity contribution in [2.24, 2.45) is 4.99 Å². The van der Waals surface area contributed by atoms with Gasteiger partial charge in [0.1, 0.15) is 0 Å². The van der Waals surface area contributed by atoms with Crippen molar-refractivity contribution in [3.05, 3.63) is 127 Å². The third kappa shape index (κ3) is 4.62. The highest BCUT2D eigenvalue weighted by atomic mass is 16.6. The Morgan fingerprint density at radius 1 is 0.600 bits per heavy atom. The van der Waals surface area contributed by atoms with E-state index in [0.717, 1.165) is 11.4 Å². The smallest absolute Gasteiger partial charge is 0.345 e. The second-order valence-corrected chi connectivity index (χ2v) is 6.49. The van der Waals surface area contributed by atoms with E-state index in [9.17, 15) is 4.79 Å². The van der Waals surface area contributed by atoms with Crippen LogP contribution in [0.3, 0.4) is 0 Å². The van der Waals surface area contributed by atoms with Gasteiger partial charge in [-0.05, 0) is 48.5 Å². The van der Waals surface area contributed by atoms with E-state index < -0.39 is 5.97 Å². The van der Waals surface area contributed by atoms with Gasteiger partial charge in [0.15, 0.2) is 0 Å². The molecule has 4 heteroatoms. The Morgan fingerprint density at radius 3 is 1.53 bits per heavy atom. The first-order chi connectivity index (χ1) is 14.8. The summed E-state index contributed by atoms with van der Waals surface area (Å²) in [6.45, 7) is 0. The molecule has 0 atom stereocenters. The summed E-state index contributed by atoms with van der Waals surface area (Å²) in [6, 6.07) is 37.9. The quantitative estimate of drug-likeness (QED) is 0.230. The number of benzene rings is 4. The van der Waals surface area contributed by atoms with Crippen LogP contribution in [-0.4, -0.2) is 12.0 Å². The highest BCUT2D eigenvalue weighted by molar-refractivity contribution is 6.07. The first-order valence-electron chi connectivity index (χ1n) is 9.62. The van der Waals surface area contributed by atoms with Crippen molar-refractivity contribution in [2.75, 3.05) is 4.90 Å². The second kappa shape index (κ2) is 9.34. The average Bonchev–Trinajstić information content (AvgIpc) is 2.82. The molecule has 0 aliphatic rings. The molecule has 0 aliphatic carbocycles. The molecule has 4 aromatic carbocycles. The third-order valence-corrected chi connectivity index (χ3v) is 4.39. The third-order valence-electron chi connectivity index (χ3n) is 4.39. The highest BCUT2D eigenvalue weighted by Crippen LogP contribution is 2.27. The van der Waals surface area contributed by atoms with Crippen LogP contribution in [0.2, 0.25) is 0 Å². The van der Waals surface area contributed by atoms with Crippen molar-refractivity contribution in [3.63, 3.8) is 0 Å². The molecule has 0 saturated carbocycles. The summed E-state index contributed by atoms with van der Waals surface area (Å²) in [5.41, 5.74) is 2.81. The number of nitrogens with zero attached hydrogens (tertiary/aromatic N) is 2. The maximum absolute atomic E-state index is 12.9. The minimum Gasteiger partial charge on any atom is -0.388 e. The van der Waals surface area contributed by atoms with Gasteiger partial charge in [0.25, 0.3) is 0 Å². The molecule has 4 rings (SSSR count). The predicted molar refractivity (Wildman–Crippen MR) is 120 cm³/mol. The van der Waals surface area contributed by atoms with Crippen LogP contribution in [0.25, 0.3) is 0 Å². The summed E-state index contributed by atoms with van der Waals surface area (Å²) in [6.07, 6.45) is 0. The number of esters is 1. The number of hydrogen-bond acceptors (Lipinski definition) is 3. The number of amidine groups is 1. The fourth-order valence-corrected chi connectivity index (χ4v) is 2.97. The SMILES string of the molecule is O=C(OC(=Nc1ccccc1)N(c1ccccc1)c1ccccc1)c1ccccc1. The Bertz CT molecular complexity index is 1070. The molecule has 146 valence electrons. The van der Waals surface area contributed by atoms with Gasteiger partial charge >= 0.3 is 12.0 Å². The first-order valence-corrected chi connectivity index (χ1v) is 9.62. The van der Waals surface area contributed by atoms with Crippen LogP contribution < -0.4 is 4.90 Å². The molecule has 0 spiro atoms. The summed E-state index contributed by atoms with van der Waals surface area (Å²) in [7, 11) is 0. The molecule has 0 amide bonds. The fraction of sp³-hybridized carbons (Fsp3) is 0. The molecule has 0 N–H and O–H groups in total. The predicted octanol–water partition coefficient (Wildman–Crippen LogP) is 6.37. The Labute approximate surface area is 175 Å². The minimum atomic E-state index is -0.470. The van der Waals surface area contributed by atoms with E-state index in [1.807, 2.05) is 102 Å². The maximum atomic E-state index is 12.9. The molecule has 0 bridgehead atoms.